The highest BCUT2D eigenvalue weighted by Gasteiger charge is 2.34. The van der Waals surface area contributed by atoms with Gasteiger partial charge in [0, 0.05) is 17.4 Å². The van der Waals surface area contributed by atoms with Crippen LogP contribution in [0.15, 0.2) is 78.9 Å². The van der Waals surface area contributed by atoms with Crippen LogP contribution >= 0.6 is 11.8 Å². The van der Waals surface area contributed by atoms with Gasteiger partial charge in [-0.15, -0.1) is 11.8 Å². The van der Waals surface area contributed by atoms with E-state index in [4.69, 9.17) is 4.74 Å². The van der Waals surface area contributed by atoms with Gasteiger partial charge in [-0.2, -0.15) is 0 Å². The number of methoxy groups -OCH3 is 1. The van der Waals surface area contributed by atoms with E-state index in [9.17, 15) is 9.59 Å². The van der Waals surface area contributed by atoms with E-state index in [1.165, 1.54) is 0 Å². The number of thioether (sulfide) groups is 1. The molecule has 4 rings (SSSR count). The summed E-state index contributed by atoms with van der Waals surface area (Å²) >= 11 is 1.58. The molecule has 2 amide bonds. The second-order valence-electron chi connectivity index (χ2n) is 7.61. The lowest BCUT2D eigenvalue weighted by Gasteiger charge is -2.25. The van der Waals surface area contributed by atoms with E-state index < -0.39 is 0 Å². The fraction of sp³-hybridized carbons (Fsp3) is 0.231. The topological polar surface area (TPSA) is 58.6 Å². The maximum Gasteiger partial charge on any atom is 0.238 e. The van der Waals surface area contributed by atoms with Crippen LogP contribution in [0.5, 0.6) is 5.75 Å². The van der Waals surface area contributed by atoms with Gasteiger partial charge in [0.25, 0.3) is 0 Å². The number of benzene rings is 3. The van der Waals surface area contributed by atoms with Crippen LogP contribution in [0.3, 0.4) is 0 Å². The number of amides is 2. The van der Waals surface area contributed by atoms with E-state index in [-0.39, 0.29) is 23.1 Å². The number of anilines is 2. The van der Waals surface area contributed by atoms with Crippen molar-refractivity contribution in [2.24, 2.45) is 0 Å². The van der Waals surface area contributed by atoms with Gasteiger partial charge in [-0.1, -0.05) is 55.5 Å². The minimum absolute atomic E-state index is 0.0318. The molecule has 32 heavy (non-hydrogen) atoms. The number of nitrogens with zero attached hydrogens (tertiary/aromatic N) is 1. The molecule has 0 bridgehead atoms. The van der Waals surface area contributed by atoms with Gasteiger partial charge in [0.05, 0.1) is 18.8 Å². The van der Waals surface area contributed by atoms with Crippen LogP contribution in [-0.4, -0.2) is 24.7 Å². The van der Waals surface area contributed by atoms with Crippen LogP contribution in [-0.2, 0) is 9.59 Å². The molecule has 5 nitrogen and oxygen atoms in total. The maximum atomic E-state index is 13.0. The molecule has 0 spiro atoms. The van der Waals surface area contributed by atoms with E-state index in [1.54, 1.807) is 23.8 Å². The SMILES string of the molecule is CC[C@H](C(=O)Nc1cccc([C@H]2SCC(=O)N2c2cccc(OC)c2)c1)c1ccccc1. The number of ether oxygens (including phenoxy) is 1. The van der Waals surface area contributed by atoms with Crippen LogP contribution in [0.4, 0.5) is 11.4 Å². The third-order valence-corrected chi connectivity index (χ3v) is 6.78. The van der Waals surface area contributed by atoms with Crippen molar-refractivity contribution in [1.29, 1.82) is 0 Å². The molecule has 1 fully saturated rings. The summed E-state index contributed by atoms with van der Waals surface area (Å²) in [6, 6.07) is 25.1. The van der Waals surface area contributed by atoms with Crippen LogP contribution in [0.1, 0.15) is 35.8 Å². The van der Waals surface area contributed by atoms with Gasteiger partial charge < -0.3 is 10.1 Å². The second kappa shape index (κ2) is 9.92. The highest BCUT2D eigenvalue weighted by atomic mass is 32.2. The summed E-state index contributed by atoms with van der Waals surface area (Å²) in [5.41, 5.74) is 3.50. The molecule has 0 unspecified atom stereocenters. The maximum absolute atomic E-state index is 13.0. The molecule has 1 heterocycles. The Morgan fingerprint density at radius 3 is 2.62 bits per heavy atom. The van der Waals surface area contributed by atoms with Gasteiger partial charge in [-0.25, -0.2) is 0 Å². The summed E-state index contributed by atoms with van der Waals surface area (Å²) in [6.07, 6.45) is 0.714. The molecule has 1 aliphatic rings. The third kappa shape index (κ3) is 4.65. The molecule has 0 aliphatic carbocycles. The molecule has 0 saturated carbocycles. The third-order valence-electron chi connectivity index (χ3n) is 5.57. The monoisotopic (exact) mass is 446 g/mol. The Bertz CT molecular complexity index is 1100. The van der Waals surface area contributed by atoms with Gasteiger partial charge in [0.2, 0.25) is 11.8 Å². The first kappa shape index (κ1) is 22.0. The zero-order chi connectivity index (χ0) is 22.5. The van der Waals surface area contributed by atoms with E-state index in [0.29, 0.717) is 17.9 Å². The molecule has 0 radical (unpaired) electrons. The number of nitrogens with one attached hydrogen (secondary N) is 1. The average Bonchev–Trinajstić information content (AvgIpc) is 3.22. The van der Waals surface area contributed by atoms with E-state index in [1.807, 2.05) is 85.8 Å². The molecule has 0 aromatic heterocycles. The summed E-state index contributed by atoms with van der Waals surface area (Å²) in [5, 5.41) is 2.90. The van der Waals surface area contributed by atoms with Crippen molar-refractivity contribution >= 4 is 35.0 Å². The summed E-state index contributed by atoms with van der Waals surface area (Å²) in [4.78, 5) is 27.5. The number of carbonyl (C=O) groups is 2. The van der Waals surface area contributed by atoms with Crippen LogP contribution in [0.2, 0.25) is 0 Å². The summed E-state index contributed by atoms with van der Waals surface area (Å²) < 4.78 is 5.33. The van der Waals surface area contributed by atoms with Gasteiger partial charge in [-0.3, -0.25) is 14.5 Å². The Labute approximate surface area is 192 Å². The van der Waals surface area contributed by atoms with Crippen molar-refractivity contribution in [3.05, 3.63) is 90.0 Å². The van der Waals surface area contributed by atoms with Crippen LogP contribution in [0, 0.1) is 0 Å². The van der Waals surface area contributed by atoms with Gasteiger partial charge in [-0.05, 0) is 41.8 Å². The molecule has 3 aromatic carbocycles. The van der Waals surface area contributed by atoms with Crippen LogP contribution in [0.25, 0.3) is 0 Å². The lowest BCUT2D eigenvalue weighted by molar-refractivity contribution is -0.118. The lowest BCUT2D eigenvalue weighted by Crippen LogP contribution is -2.28. The normalized spacial score (nSPS) is 16.6. The highest BCUT2D eigenvalue weighted by molar-refractivity contribution is 8.00. The molecule has 6 heteroatoms. The zero-order valence-corrected chi connectivity index (χ0v) is 19.0. The zero-order valence-electron chi connectivity index (χ0n) is 18.2. The minimum atomic E-state index is -0.212. The van der Waals surface area contributed by atoms with Gasteiger partial charge >= 0.3 is 0 Å². The summed E-state index contributed by atoms with van der Waals surface area (Å²) in [6.45, 7) is 2.01. The molecule has 1 saturated heterocycles. The molecule has 3 aromatic rings. The van der Waals surface area contributed by atoms with Gasteiger partial charge in [0.15, 0.2) is 0 Å². The summed E-state index contributed by atoms with van der Waals surface area (Å²) in [7, 11) is 1.61. The fourth-order valence-corrected chi connectivity index (χ4v) is 5.13. The predicted molar refractivity (Wildman–Crippen MR) is 130 cm³/mol. The Balaban J connectivity index is 1.56. The van der Waals surface area contributed by atoms with Crippen molar-refractivity contribution in [1.82, 2.24) is 0 Å². The van der Waals surface area contributed by atoms with E-state index in [2.05, 4.69) is 5.32 Å². The molecular weight excluding hydrogens is 420 g/mol. The lowest BCUT2D eigenvalue weighted by atomic mass is 9.95. The average molecular weight is 447 g/mol. The first-order chi connectivity index (χ1) is 15.6. The minimum Gasteiger partial charge on any atom is -0.497 e. The first-order valence-electron chi connectivity index (χ1n) is 10.6. The molecule has 164 valence electrons. The van der Waals surface area contributed by atoms with E-state index in [0.717, 1.165) is 22.5 Å². The number of carbonyl (C=O) groups excluding carboxylic acids is 2. The van der Waals surface area contributed by atoms with Crippen molar-refractivity contribution in [3.8, 4) is 5.75 Å². The second-order valence-corrected chi connectivity index (χ2v) is 8.68. The Morgan fingerprint density at radius 2 is 1.88 bits per heavy atom. The fourth-order valence-electron chi connectivity index (χ4n) is 3.97. The number of rotatable bonds is 7. The highest BCUT2D eigenvalue weighted by Crippen LogP contribution is 2.43. The molecule has 2 atom stereocenters. The van der Waals surface area contributed by atoms with Crippen molar-refractivity contribution in [3.63, 3.8) is 0 Å². The standard InChI is InChI=1S/C26H26N2O3S/c1-3-23(18-9-5-4-6-10-18)25(30)27-20-12-7-11-19(15-20)26-28(24(29)17-32-26)21-13-8-14-22(16-21)31-2/h4-16,23,26H,3,17H2,1-2H3,(H,27,30)/t23-,26+/m0/s1. The van der Waals surface area contributed by atoms with Gasteiger partial charge in [0.1, 0.15) is 11.1 Å². The van der Waals surface area contributed by atoms with Crippen molar-refractivity contribution in [2.75, 3.05) is 23.1 Å². The molecule has 1 aliphatic heterocycles. The number of hydrogen-bond donors (Lipinski definition) is 1. The molecular formula is C26H26N2O3S. The Morgan fingerprint density at radius 1 is 1.09 bits per heavy atom. The first-order valence-corrected chi connectivity index (χ1v) is 11.7. The predicted octanol–water partition coefficient (Wildman–Crippen LogP) is 5.61. The smallest absolute Gasteiger partial charge is 0.238 e. The quantitative estimate of drug-likeness (QED) is 0.513. The van der Waals surface area contributed by atoms with E-state index >= 15 is 0 Å². The van der Waals surface area contributed by atoms with Crippen LogP contribution < -0.4 is 15.0 Å². The largest absolute Gasteiger partial charge is 0.497 e. The summed E-state index contributed by atoms with van der Waals surface area (Å²) in [5.74, 6) is 0.923. The number of hydrogen-bond acceptors (Lipinski definition) is 4. The molecule has 1 N–H and O–H groups in total. The van der Waals surface area contributed by atoms with Crippen molar-refractivity contribution < 1.29 is 14.3 Å². The Kier molecular flexibility index (Phi) is 6.81. The Hall–Kier alpha value is -3.25. The van der Waals surface area contributed by atoms with Crippen molar-refractivity contribution in [2.45, 2.75) is 24.6 Å².